The number of benzene rings is 3. The largest absolute Gasteiger partial charge is 0.457 e. The lowest BCUT2D eigenvalue weighted by molar-refractivity contribution is -0.131. The molecule has 0 bridgehead atoms. The lowest BCUT2D eigenvalue weighted by Crippen LogP contribution is -2.35. The quantitative estimate of drug-likeness (QED) is 0.262. The van der Waals surface area contributed by atoms with Gasteiger partial charge in [-0.25, -0.2) is 4.39 Å². The Morgan fingerprint density at radius 3 is 2.14 bits per heavy atom. The van der Waals surface area contributed by atoms with E-state index in [1.165, 1.54) is 24.3 Å². The minimum absolute atomic E-state index is 0.391. The summed E-state index contributed by atoms with van der Waals surface area (Å²) < 4.78 is 19.1. The van der Waals surface area contributed by atoms with Crippen molar-refractivity contribution >= 4 is 40.4 Å². The van der Waals surface area contributed by atoms with Gasteiger partial charge in [0.15, 0.2) is 0 Å². The van der Waals surface area contributed by atoms with E-state index in [4.69, 9.17) is 4.74 Å². The number of aryl methyl sites for hydroxylation is 1. The molecule has 0 aliphatic heterocycles. The molecule has 1 aliphatic carbocycles. The van der Waals surface area contributed by atoms with E-state index in [-0.39, 0.29) is 0 Å². The van der Waals surface area contributed by atoms with E-state index in [1.54, 1.807) is 42.6 Å². The van der Waals surface area contributed by atoms with Crippen LogP contribution in [0, 0.1) is 18.2 Å². The van der Waals surface area contributed by atoms with E-state index >= 15 is 0 Å². The molecule has 4 aromatic rings. The number of anilines is 2. The van der Waals surface area contributed by atoms with Gasteiger partial charge in [-0.2, -0.15) is 0 Å². The highest BCUT2D eigenvalue weighted by Crippen LogP contribution is 2.47. The van der Waals surface area contributed by atoms with E-state index < -0.39 is 23.0 Å². The number of aldehydes is 1. The topological polar surface area (TPSA) is 97.4 Å². The summed E-state index contributed by atoms with van der Waals surface area (Å²) in [6.07, 6.45) is 3.29. The summed E-state index contributed by atoms with van der Waals surface area (Å²) in [5.41, 5.74) is 1.87. The van der Waals surface area contributed by atoms with Gasteiger partial charge >= 0.3 is 0 Å². The Morgan fingerprint density at radius 2 is 1.56 bits per heavy atom. The highest BCUT2D eigenvalue weighted by atomic mass is 19.1. The number of halogens is 1. The molecule has 1 saturated carbocycles. The number of ether oxygens (including phenoxy) is 1. The first kappa shape index (κ1) is 23.2. The number of rotatable bonds is 7. The van der Waals surface area contributed by atoms with Gasteiger partial charge < -0.3 is 15.4 Å². The molecule has 2 N–H and O–H groups in total. The van der Waals surface area contributed by atoms with Crippen molar-refractivity contribution in [2.45, 2.75) is 19.8 Å². The average Bonchev–Trinajstić information content (AvgIpc) is 3.69. The van der Waals surface area contributed by atoms with Crippen LogP contribution in [-0.2, 0) is 9.59 Å². The van der Waals surface area contributed by atoms with Gasteiger partial charge in [0.2, 0.25) is 11.8 Å². The van der Waals surface area contributed by atoms with E-state index in [9.17, 15) is 18.8 Å². The lowest BCUT2D eigenvalue weighted by atomic mass is 10.0. The first-order valence-electron chi connectivity index (χ1n) is 11.4. The monoisotopic (exact) mass is 483 g/mol. The van der Waals surface area contributed by atoms with Gasteiger partial charge in [0.25, 0.3) is 0 Å². The first-order chi connectivity index (χ1) is 17.4. The maximum absolute atomic E-state index is 13.1. The molecule has 8 heteroatoms. The molecule has 1 aromatic heterocycles. The molecular weight excluding hydrogens is 461 g/mol. The summed E-state index contributed by atoms with van der Waals surface area (Å²) in [6, 6.07) is 17.6. The number of nitrogens with one attached hydrogen (secondary N) is 2. The van der Waals surface area contributed by atoms with Gasteiger partial charge in [0.05, 0.1) is 5.52 Å². The number of nitrogens with zero attached hydrogens (tertiary/aromatic N) is 1. The van der Waals surface area contributed by atoms with E-state index in [0.29, 0.717) is 46.8 Å². The van der Waals surface area contributed by atoms with Crippen molar-refractivity contribution in [2.75, 3.05) is 10.6 Å². The summed E-state index contributed by atoms with van der Waals surface area (Å²) in [7, 11) is 0. The van der Waals surface area contributed by atoms with Crippen LogP contribution in [-0.4, -0.2) is 23.1 Å². The summed E-state index contributed by atoms with van der Waals surface area (Å²) in [6.45, 7) is 1.85. The second-order valence-corrected chi connectivity index (χ2v) is 8.78. The summed E-state index contributed by atoms with van der Waals surface area (Å²) in [5, 5.41) is 6.27. The van der Waals surface area contributed by atoms with Crippen LogP contribution in [0.3, 0.4) is 0 Å². The molecule has 1 fully saturated rings. The average molecular weight is 483 g/mol. The minimum Gasteiger partial charge on any atom is -0.457 e. The highest BCUT2D eigenvalue weighted by molar-refractivity contribution is 6.16. The fourth-order valence-corrected chi connectivity index (χ4v) is 3.96. The Bertz CT molecular complexity index is 1480. The number of aromatic nitrogens is 1. The minimum atomic E-state index is -1.14. The molecule has 7 nitrogen and oxygen atoms in total. The summed E-state index contributed by atoms with van der Waals surface area (Å²) in [5.74, 6) is -0.0698. The molecule has 1 heterocycles. The molecule has 0 radical (unpaired) electrons. The number of pyridine rings is 1. The Balaban J connectivity index is 1.27. The number of carbonyl (C=O) groups excluding carboxylic acids is 3. The Morgan fingerprint density at radius 1 is 0.944 bits per heavy atom. The molecule has 0 atom stereocenters. The zero-order chi connectivity index (χ0) is 25.3. The molecule has 2 amide bonds. The predicted molar refractivity (Wildman–Crippen MR) is 134 cm³/mol. The fraction of sp³-hybridized carbons (Fsp3) is 0.143. The van der Waals surface area contributed by atoms with Gasteiger partial charge in [-0.15, -0.1) is 0 Å². The third-order valence-electron chi connectivity index (χ3n) is 6.28. The third kappa shape index (κ3) is 4.53. The zero-order valence-corrected chi connectivity index (χ0v) is 19.4. The van der Waals surface area contributed by atoms with Crippen molar-refractivity contribution in [1.82, 2.24) is 4.98 Å². The highest BCUT2D eigenvalue weighted by Gasteiger charge is 2.56. The van der Waals surface area contributed by atoms with Gasteiger partial charge in [-0.05, 0) is 92.1 Å². The Hall–Kier alpha value is -4.59. The molecular formula is C28H22FN3O4. The SMILES string of the molecule is Cc1cc2c(Oc3ccc(NC(=O)C4(C(=O)Nc5ccc(F)cc5)CC4)cc3)ccnc2cc1C=O. The smallest absolute Gasteiger partial charge is 0.240 e. The van der Waals surface area contributed by atoms with Crippen molar-refractivity contribution in [3.63, 3.8) is 0 Å². The predicted octanol–water partition coefficient (Wildman–Crippen LogP) is 5.64. The van der Waals surface area contributed by atoms with Crippen LogP contribution < -0.4 is 15.4 Å². The van der Waals surface area contributed by atoms with Crippen molar-refractivity contribution in [3.05, 3.63) is 89.9 Å². The number of amides is 2. The van der Waals surface area contributed by atoms with Crippen LogP contribution in [0.25, 0.3) is 10.9 Å². The van der Waals surface area contributed by atoms with E-state index in [1.807, 2.05) is 13.0 Å². The molecule has 0 saturated heterocycles. The van der Waals surface area contributed by atoms with Gasteiger partial charge in [0.1, 0.15) is 29.0 Å². The molecule has 0 unspecified atom stereocenters. The van der Waals surface area contributed by atoms with E-state index in [0.717, 1.165) is 17.2 Å². The molecule has 36 heavy (non-hydrogen) atoms. The summed E-state index contributed by atoms with van der Waals surface area (Å²) >= 11 is 0. The van der Waals surface area contributed by atoms with Crippen LogP contribution in [0.1, 0.15) is 28.8 Å². The van der Waals surface area contributed by atoms with Crippen molar-refractivity contribution < 1.29 is 23.5 Å². The molecule has 1 aliphatic rings. The number of carbonyl (C=O) groups is 3. The molecule has 5 rings (SSSR count). The fourth-order valence-electron chi connectivity index (χ4n) is 3.96. The molecule has 180 valence electrons. The van der Waals surface area contributed by atoms with Crippen molar-refractivity contribution in [3.8, 4) is 11.5 Å². The first-order valence-corrected chi connectivity index (χ1v) is 11.4. The number of fused-ring (bicyclic) bond motifs is 1. The van der Waals surface area contributed by atoms with Crippen LogP contribution in [0.5, 0.6) is 11.5 Å². The van der Waals surface area contributed by atoms with Crippen LogP contribution in [0.4, 0.5) is 15.8 Å². The number of hydrogen-bond acceptors (Lipinski definition) is 5. The van der Waals surface area contributed by atoms with Crippen LogP contribution in [0.2, 0.25) is 0 Å². The Kier molecular flexibility index (Phi) is 5.93. The number of hydrogen-bond donors (Lipinski definition) is 2. The van der Waals surface area contributed by atoms with Crippen molar-refractivity contribution in [1.29, 1.82) is 0 Å². The second kappa shape index (κ2) is 9.22. The third-order valence-corrected chi connectivity index (χ3v) is 6.28. The summed E-state index contributed by atoms with van der Waals surface area (Å²) in [4.78, 5) is 41.2. The van der Waals surface area contributed by atoms with Gasteiger partial charge in [-0.1, -0.05) is 0 Å². The zero-order valence-electron chi connectivity index (χ0n) is 19.4. The lowest BCUT2D eigenvalue weighted by Gasteiger charge is -2.16. The second-order valence-electron chi connectivity index (χ2n) is 8.78. The van der Waals surface area contributed by atoms with Crippen molar-refractivity contribution in [2.24, 2.45) is 5.41 Å². The van der Waals surface area contributed by atoms with Gasteiger partial charge in [0, 0.05) is 28.5 Å². The maximum Gasteiger partial charge on any atom is 0.240 e. The Labute approximate surface area is 206 Å². The van der Waals surface area contributed by atoms with Gasteiger partial charge in [-0.3, -0.25) is 19.4 Å². The molecule has 3 aromatic carbocycles. The van der Waals surface area contributed by atoms with Crippen LogP contribution >= 0.6 is 0 Å². The van der Waals surface area contributed by atoms with Crippen LogP contribution in [0.15, 0.2) is 72.9 Å². The molecule has 0 spiro atoms. The maximum atomic E-state index is 13.1. The standard InChI is InChI=1S/C28H22FN3O4/c1-17-14-23-24(15-18(17)16-33)30-13-10-25(23)36-22-8-6-21(7-9-22)32-27(35)28(11-12-28)26(34)31-20-4-2-19(29)3-5-20/h2-10,13-16H,11-12H2,1H3,(H,31,34)(H,32,35). The van der Waals surface area contributed by atoms with E-state index in [2.05, 4.69) is 15.6 Å². The normalized spacial score (nSPS) is 13.6.